The minimum Gasteiger partial charge on any atom is -0.311 e. The van der Waals surface area contributed by atoms with E-state index in [1.54, 1.807) is 0 Å². The van der Waals surface area contributed by atoms with Crippen molar-refractivity contribution in [1.82, 2.24) is 10.2 Å². The van der Waals surface area contributed by atoms with Gasteiger partial charge in [-0.05, 0) is 19.3 Å². The smallest absolute Gasteiger partial charge is 0.0195 e. The van der Waals surface area contributed by atoms with Crippen molar-refractivity contribution >= 4 is 0 Å². The van der Waals surface area contributed by atoms with E-state index in [-0.39, 0.29) is 0 Å². The normalized spacial score (nSPS) is 30.6. The zero-order chi connectivity index (χ0) is 10.5. The Balaban J connectivity index is 1.80. The number of hydrogen-bond acceptors (Lipinski definition) is 2. The van der Waals surface area contributed by atoms with Gasteiger partial charge in [-0.1, -0.05) is 32.6 Å². The van der Waals surface area contributed by atoms with Gasteiger partial charge >= 0.3 is 0 Å². The number of nitrogens with zero attached hydrogens (tertiary/aromatic N) is 1. The molecule has 15 heavy (non-hydrogen) atoms. The summed E-state index contributed by atoms with van der Waals surface area (Å²) in [5.74, 6) is 0. The minimum absolute atomic E-state index is 0.769. The van der Waals surface area contributed by atoms with Crippen molar-refractivity contribution in [2.24, 2.45) is 0 Å². The first kappa shape index (κ1) is 11.4. The summed E-state index contributed by atoms with van der Waals surface area (Å²) in [6.45, 7) is 6.09. The Kier molecular flexibility index (Phi) is 4.45. The van der Waals surface area contributed by atoms with Crippen LogP contribution in [-0.4, -0.2) is 36.6 Å². The highest BCUT2D eigenvalue weighted by atomic mass is 15.2. The standard InChI is InChI=1S/C13H26N2/c1-2-6-12-11-15(10-9-14-12)13-7-4-3-5-8-13/h12-14H,2-11H2,1H3. The lowest BCUT2D eigenvalue weighted by Crippen LogP contribution is -2.54. The topological polar surface area (TPSA) is 15.3 Å². The Bertz CT molecular complexity index is 173. The van der Waals surface area contributed by atoms with Gasteiger partial charge in [0.1, 0.15) is 0 Å². The number of nitrogens with one attached hydrogen (secondary N) is 1. The number of piperazine rings is 1. The summed E-state index contributed by atoms with van der Waals surface area (Å²) in [6, 6.07) is 1.69. The first-order chi connectivity index (χ1) is 7.40. The first-order valence-corrected chi connectivity index (χ1v) is 6.87. The van der Waals surface area contributed by atoms with Gasteiger partial charge in [0.25, 0.3) is 0 Å². The van der Waals surface area contributed by atoms with Gasteiger partial charge in [0.05, 0.1) is 0 Å². The molecule has 88 valence electrons. The fourth-order valence-electron chi connectivity index (χ4n) is 3.17. The molecule has 1 unspecified atom stereocenters. The van der Waals surface area contributed by atoms with Crippen LogP contribution in [0, 0.1) is 0 Å². The van der Waals surface area contributed by atoms with Crippen molar-refractivity contribution in [2.45, 2.75) is 64.0 Å². The van der Waals surface area contributed by atoms with Crippen LogP contribution in [0.4, 0.5) is 0 Å². The van der Waals surface area contributed by atoms with E-state index in [0.717, 1.165) is 12.1 Å². The van der Waals surface area contributed by atoms with Crippen molar-refractivity contribution in [3.05, 3.63) is 0 Å². The van der Waals surface area contributed by atoms with Crippen LogP contribution in [0.3, 0.4) is 0 Å². The summed E-state index contributed by atoms with van der Waals surface area (Å²) >= 11 is 0. The lowest BCUT2D eigenvalue weighted by molar-refractivity contribution is 0.113. The lowest BCUT2D eigenvalue weighted by Gasteiger charge is -2.40. The molecule has 2 heteroatoms. The highest BCUT2D eigenvalue weighted by Gasteiger charge is 2.25. The number of hydrogen-bond donors (Lipinski definition) is 1. The quantitative estimate of drug-likeness (QED) is 0.769. The van der Waals surface area contributed by atoms with Crippen LogP contribution in [0.1, 0.15) is 51.9 Å². The van der Waals surface area contributed by atoms with Gasteiger partial charge in [0.2, 0.25) is 0 Å². The maximum Gasteiger partial charge on any atom is 0.0195 e. The minimum atomic E-state index is 0.769. The monoisotopic (exact) mass is 210 g/mol. The maximum absolute atomic E-state index is 3.65. The molecule has 1 saturated carbocycles. The van der Waals surface area contributed by atoms with E-state index < -0.39 is 0 Å². The van der Waals surface area contributed by atoms with Gasteiger partial charge in [-0.25, -0.2) is 0 Å². The summed E-state index contributed by atoms with van der Waals surface area (Å²) in [7, 11) is 0. The Labute approximate surface area is 94.4 Å². The molecule has 0 aromatic carbocycles. The average molecular weight is 210 g/mol. The van der Waals surface area contributed by atoms with Crippen molar-refractivity contribution < 1.29 is 0 Å². The molecule has 0 radical (unpaired) electrons. The molecule has 0 bridgehead atoms. The van der Waals surface area contributed by atoms with Crippen LogP contribution in [-0.2, 0) is 0 Å². The van der Waals surface area contributed by atoms with Gasteiger partial charge in [-0.2, -0.15) is 0 Å². The second kappa shape index (κ2) is 5.86. The Morgan fingerprint density at radius 1 is 1.20 bits per heavy atom. The summed E-state index contributed by atoms with van der Waals surface area (Å²) < 4.78 is 0. The van der Waals surface area contributed by atoms with Crippen molar-refractivity contribution in [3.63, 3.8) is 0 Å². The van der Waals surface area contributed by atoms with E-state index in [4.69, 9.17) is 0 Å². The summed E-state index contributed by atoms with van der Waals surface area (Å²) in [4.78, 5) is 2.76. The van der Waals surface area contributed by atoms with E-state index in [9.17, 15) is 0 Å². The van der Waals surface area contributed by atoms with Gasteiger partial charge in [-0.15, -0.1) is 0 Å². The summed E-state index contributed by atoms with van der Waals surface area (Å²) in [5.41, 5.74) is 0. The van der Waals surface area contributed by atoms with Crippen molar-refractivity contribution in [3.8, 4) is 0 Å². The van der Waals surface area contributed by atoms with Crippen molar-refractivity contribution in [2.75, 3.05) is 19.6 Å². The Hall–Kier alpha value is -0.0800. The average Bonchev–Trinajstić information content (AvgIpc) is 2.31. The molecule has 1 saturated heterocycles. The third kappa shape index (κ3) is 3.18. The zero-order valence-electron chi connectivity index (χ0n) is 10.2. The van der Waals surface area contributed by atoms with Crippen LogP contribution in [0.5, 0.6) is 0 Å². The highest BCUT2D eigenvalue weighted by molar-refractivity contribution is 4.84. The largest absolute Gasteiger partial charge is 0.311 e. The van der Waals surface area contributed by atoms with Crippen LogP contribution in [0.15, 0.2) is 0 Å². The molecule has 0 aromatic rings. The molecule has 1 atom stereocenters. The molecule has 0 spiro atoms. The molecule has 0 amide bonds. The molecule has 1 heterocycles. The zero-order valence-corrected chi connectivity index (χ0v) is 10.2. The van der Waals surface area contributed by atoms with Crippen LogP contribution < -0.4 is 5.32 Å². The molecular weight excluding hydrogens is 184 g/mol. The van der Waals surface area contributed by atoms with Gasteiger partial charge in [0, 0.05) is 31.7 Å². The van der Waals surface area contributed by atoms with E-state index in [0.29, 0.717) is 0 Å². The van der Waals surface area contributed by atoms with E-state index >= 15 is 0 Å². The maximum atomic E-state index is 3.65. The first-order valence-electron chi connectivity index (χ1n) is 6.87. The van der Waals surface area contributed by atoms with Crippen LogP contribution in [0.25, 0.3) is 0 Å². The van der Waals surface area contributed by atoms with Crippen molar-refractivity contribution in [1.29, 1.82) is 0 Å². The predicted octanol–water partition coefficient (Wildman–Crippen LogP) is 2.39. The fraction of sp³-hybridized carbons (Fsp3) is 1.00. The molecule has 1 aliphatic heterocycles. The predicted molar refractivity (Wildman–Crippen MR) is 65.1 cm³/mol. The summed E-state index contributed by atoms with van der Waals surface area (Å²) in [5, 5.41) is 3.65. The van der Waals surface area contributed by atoms with Gasteiger partial charge in [0.15, 0.2) is 0 Å². The summed E-state index contributed by atoms with van der Waals surface area (Å²) in [6.07, 6.45) is 9.98. The van der Waals surface area contributed by atoms with Gasteiger partial charge in [-0.3, -0.25) is 4.90 Å². The molecule has 2 nitrogen and oxygen atoms in total. The second-order valence-corrected chi connectivity index (χ2v) is 5.23. The third-order valence-corrected chi connectivity index (χ3v) is 4.02. The second-order valence-electron chi connectivity index (χ2n) is 5.23. The van der Waals surface area contributed by atoms with Crippen LogP contribution in [0.2, 0.25) is 0 Å². The van der Waals surface area contributed by atoms with Gasteiger partial charge < -0.3 is 5.32 Å². The Morgan fingerprint density at radius 2 is 2.00 bits per heavy atom. The lowest BCUT2D eigenvalue weighted by atomic mass is 9.93. The molecule has 2 fully saturated rings. The highest BCUT2D eigenvalue weighted by Crippen LogP contribution is 2.23. The molecule has 2 aliphatic rings. The molecular formula is C13H26N2. The Morgan fingerprint density at radius 3 is 2.73 bits per heavy atom. The molecule has 1 aliphatic carbocycles. The van der Waals surface area contributed by atoms with E-state index in [1.807, 2.05) is 0 Å². The SMILES string of the molecule is CCCC1CN(C2CCCCC2)CCN1. The molecule has 2 rings (SSSR count). The molecule has 1 N–H and O–H groups in total. The van der Waals surface area contributed by atoms with Crippen LogP contribution >= 0.6 is 0 Å². The molecule has 0 aromatic heterocycles. The van der Waals surface area contributed by atoms with E-state index in [2.05, 4.69) is 17.1 Å². The van der Waals surface area contributed by atoms with E-state index in [1.165, 1.54) is 64.6 Å². The number of rotatable bonds is 3. The third-order valence-electron chi connectivity index (χ3n) is 4.02. The fourth-order valence-corrected chi connectivity index (χ4v) is 3.17.